The van der Waals surface area contributed by atoms with Crippen LogP contribution in [0.2, 0.25) is 0 Å². The minimum atomic E-state index is -0.691. The van der Waals surface area contributed by atoms with Gasteiger partial charge in [-0.3, -0.25) is 4.79 Å². The number of hydrogen-bond acceptors (Lipinski definition) is 1. The third kappa shape index (κ3) is 16.6. The fraction of sp³-hybridized carbons (Fsp3) is 0.722. The largest absolute Gasteiger partial charge is 0.481 e. The number of carboxylic acids is 1. The van der Waals surface area contributed by atoms with Crippen molar-refractivity contribution in [3.8, 4) is 23.7 Å². The molecule has 1 N–H and O–H groups in total. The Labute approximate surface area is 124 Å². The van der Waals surface area contributed by atoms with Crippen molar-refractivity contribution >= 4 is 5.97 Å². The zero-order chi connectivity index (χ0) is 14.9. The van der Waals surface area contributed by atoms with Gasteiger partial charge in [0.2, 0.25) is 0 Å². The summed E-state index contributed by atoms with van der Waals surface area (Å²) in [4.78, 5) is 10.3. The Kier molecular flexibility index (Phi) is 14.5. The molecule has 0 spiro atoms. The van der Waals surface area contributed by atoms with Gasteiger partial charge in [0.1, 0.15) is 0 Å². The summed E-state index contributed by atoms with van der Waals surface area (Å²) in [6, 6.07) is 0. The second kappa shape index (κ2) is 15.6. The number of carboxylic acid groups (broad SMARTS) is 1. The Morgan fingerprint density at radius 1 is 0.800 bits per heavy atom. The van der Waals surface area contributed by atoms with Gasteiger partial charge in [0, 0.05) is 19.3 Å². The topological polar surface area (TPSA) is 37.3 Å². The van der Waals surface area contributed by atoms with E-state index in [4.69, 9.17) is 5.11 Å². The van der Waals surface area contributed by atoms with E-state index in [0.717, 1.165) is 44.9 Å². The van der Waals surface area contributed by atoms with Gasteiger partial charge in [-0.15, -0.1) is 0 Å². The molecule has 0 aliphatic carbocycles. The van der Waals surface area contributed by atoms with E-state index < -0.39 is 5.97 Å². The highest BCUT2D eigenvalue weighted by molar-refractivity contribution is 5.66. The summed E-state index contributed by atoms with van der Waals surface area (Å²) in [5.74, 6) is 11.3. The van der Waals surface area contributed by atoms with Crippen molar-refractivity contribution in [2.24, 2.45) is 0 Å². The minimum Gasteiger partial charge on any atom is -0.481 e. The van der Waals surface area contributed by atoms with Crippen LogP contribution < -0.4 is 0 Å². The average molecular weight is 276 g/mol. The number of unbranched alkanes of at least 4 members (excludes halogenated alkanes) is 9. The molecule has 0 aliphatic rings. The number of rotatable bonds is 11. The van der Waals surface area contributed by atoms with Gasteiger partial charge in [-0.05, 0) is 31.1 Å². The van der Waals surface area contributed by atoms with Gasteiger partial charge in [0.15, 0.2) is 0 Å². The van der Waals surface area contributed by atoms with Crippen LogP contribution in [0.1, 0.15) is 84.0 Å². The van der Waals surface area contributed by atoms with Gasteiger partial charge in [-0.2, -0.15) is 0 Å². The molecule has 0 aliphatic heterocycles. The zero-order valence-corrected chi connectivity index (χ0v) is 12.8. The Balaban J connectivity index is 3.28. The molecule has 0 rings (SSSR count). The van der Waals surface area contributed by atoms with Crippen LogP contribution in [0.15, 0.2) is 0 Å². The molecule has 0 atom stereocenters. The summed E-state index contributed by atoms with van der Waals surface area (Å²) in [5, 5.41) is 8.49. The quantitative estimate of drug-likeness (QED) is 0.435. The van der Waals surface area contributed by atoms with Crippen LogP contribution >= 0.6 is 0 Å². The summed E-state index contributed by atoms with van der Waals surface area (Å²) in [7, 11) is 0. The van der Waals surface area contributed by atoms with Gasteiger partial charge in [0.05, 0.1) is 0 Å². The highest BCUT2D eigenvalue weighted by Gasteiger charge is 1.95. The van der Waals surface area contributed by atoms with Crippen LogP contribution in [0.4, 0.5) is 0 Å². The lowest BCUT2D eigenvalue weighted by molar-refractivity contribution is -0.137. The van der Waals surface area contributed by atoms with Crippen LogP contribution in [0, 0.1) is 23.7 Å². The maximum Gasteiger partial charge on any atom is 0.303 e. The van der Waals surface area contributed by atoms with E-state index in [0.29, 0.717) is 6.42 Å². The van der Waals surface area contributed by atoms with Crippen molar-refractivity contribution < 1.29 is 9.90 Å². The van der Waals surface area contributed by atoms with E-state index in [2.05, 4.69) is 30.6 Å². The molecule has 0 bridgehead atoms. The van der Waals surface area contributed by atoms with E-state index in [9.17, 15) is 4.79 Å². The molecule has 20 heavy (non-hydrogen) atoms. The lowest BCUT2D eigenvalue weighted by atomic mass is 10.1. The molecule has 2 heteroatoms. The second-order valence-corrected chi connectivity index (χ2v) is 5.08. The smallest absolute Gasteiger partial charge is 0.303 e. The third-order valence-corrected chi connectivity index (χ3v) is 3.09. The molecule has 0 saturated heterocycles. The molecular weight excluding hydrogens is 248 g/mol. The fourth-order valence-corrected chi connectivity index (χ4v) is 1.87. The van der Waals surface area contributed by atoms with Crippen molar-refractivity contribution in [1.82, 2.24) is 0 Å². The number of carbonyl (C=O) groups is 1. The second-order valence-electron chi connectivity index (χ2n) is 5.08. The number of hydrogen-bond donors (Lipinski definition) is 1. The van der Waals surface area contributed by atoms with E-state index >= 15 is 0 Å². The molecule has 0 heterocycles. The maximum atomic E-state index is 10.3. The predicted molar refractivity (Wildman–Crippen MR) is 84.3 cm³/mol. The molecule has 0 aromatic heterocycles. The van der Waals surface area contributed by atoms with Crippen molar-refractivity contribution in [2.75, 3.05) is 0 Å². The van der Waals surface area contributed by atoms with Crippen LogP contribution in [0.3, 0.4) is 0 Å². The van der Waals surface area contributed by atoms with Crippen molar-refractivity contribution in [1.29, 1.82) is 0 Å². The van der Waals surface area contributed by atoms with Crippen LogP contribution in [-0.4, -0.2) is 11.1 Å². The molecule has 2 nitrogen and oxygen atoms in total. The van der Waals surface area contributed by atoms with Crippen LogP contribution in [0.25, 0.3) is 0 Å². The summed E-state index contributed by atoms with van der Waals surface area (Å²) in [6.45, 7) is 2.21. The van der Waals surface area contributed by atoms with E-state index in [-0.39, 0.29) is 0 Å². The molecular formula is C18H28O2. The highest BCUT2D eigenvalue weighted by Crippen LogP contribution is 2.06. The molecule has 0 aromatic rings. The lowest BCUT2D eigenvalue weighted by Crippen LogP contribution is -1.93. The SMILES string of the molecule is CCCCCCC#CC#CCCCCCCCC(=O)O. The maximum absolute atomic E-state index is 10.3. The Hall–Kier alpha value is -1.41. The van der Waals surface area contributed by atoms with Gasteiger partial charge in [-0.25, -0.2) is 0 Å². The first-order valence-electron chi connectivity index (χ1n) is 7.95. The molecule has 0 aromatic carbocycles. The van der Waals surface area contributed by atoms with E-state index in [1.807, 2.05) is 0 Å². The van der Waals surface area contributed by atoms with Crippen LogP contribution in [-0.2, 0) is 4.79 Å². The number of aliphatic carboxylic acids is 1. The Morgan fingerprint density at radius 2 is 1.30 bits per heavy atom. The van der Waals surface area contributed by atoms with Crippen molar-refractivity contribution in [2.45, 2.75) is 84.0 Å². The van der Waals surface area contributed by atoms with Gasteiger partial charge >= 0.3 is 5.97 Å². The highest BCUT2D eigenvalue weighted by atomic mass is 16.4. The summed E-state index contributed by atoms with van der Waals surface area (Å²) >= 11 is 0. The zero-order valence-electron chi connectivity index (χ0n) is 12.8. The lowest BCUT2D eigenvalue weighted by Gasteiger charge is -1.97. The van der Waals surface area contributed by atoms with Crippen molar-refractivity contribution in [3.63, 3.8) is 0 Å². The van der Waals surface area contributed by atoms with Gasteiger partial charge < -0.3 is 5.11 Å². The molecule has 0 saturated carbocycles. The van der Waals surface area contributed by atoms with Gasteiger partial charge in [0.25, 0.3) is 0 Å². The van der Waals surface area contributed by atoms with E-state index in [1.54, 1.807) is 0 Å². The van der Waals surface area contributed by atoms with Crippen molar-refractivity contribution in [3.05, 3.63) is 0 Å². The van der Waals surface area contributed by atoms with Gasteiger partial charge in [-0.1, -0.05) is 57.3 Å². The summed E-state index contributed by atoms with van der Waals surface area (Å²) < 4.78 is 0. The normalized spacial score (nSPS) is 9.25. The fourth-order valence-electron chi connectivity index (χ4n) is 1.87. The first kappa shape index (κ1) is 18.6. The Morgan fingerprint density at radius 3 is 1.85 bits per heavy atom. The predicted octanol–water partition coefficient (Wildman–Crippen LogP) is 4.78. The van der Waals surface area contributed by atoms with Crippen LogP contribution in [0.5, 0.6) is 0 Å². The van der Waals surface area contributed by atoms with E-state index in [1.165, 1.54) is 25.7 Å². The Bertz CT molecular complexity index is 349. The summed E-state index contributed by atoms with van der Waals surface area (Å²) in [6.07, 6.45) is 12.4. The molecule has 0 radical (unpaired) electrons. The molecule has 0 fully saturated rings. The summed E-state index contributed by atoms with van der Waals surface area (Å²) in [5.41, 5.74) is 0. The first-order chi connectivity index (χ1) is 9.77. The standard InChI is InChI=1S/C18H28O2/c1-2-3-4-5-6-7-8-9-10-11-12-13-14-15-16-17-18(19)20/h2-6,11-17H2,1H3,(H,19,20). The monoisotopic (exact) mass is 276 g/mol. The molecule has 0 amide bonds. The average Bonchev–Trinajstić information content (AvgIpc) is 2.43. The molecule has 112 valence electrons. The minimum absolute atomic E-state index is 0.299. The first-order valence-corrected chi connectivity index (χ1v) is 7.95. The molecule has 0 unspecified atom stereocenters. The third-order valence-electron chi connectivity index (χ3n) is 3.09.